The van der Waals surface area contributed by atoms with Crippen LogP contribution in [-0.4, -0.2) is 24.1 Å². The largest absolute Gasteiger partial charge is 0.494 e. The van der Waals surface area contributed by atoms with E-state index in [1.165, 1.54) is 11.8 Å². The van der Waals surface area contributed by atoms with Gasteiger partial charge in [-0.1, -0.05) is 62.4 Å². The third-order valence-electron chi connectivity index (χ3n) is 6.58. The van der Waals surface area contributed by atoms with Gasteiger partial charge in [0.1, 0.15) is 23.0 Å². The predicted octanol–water partition coefficient (Wildman–Crippen LogP) is 7.97. The molecule has 0 bridgehead atoms. The highest BCUT2D eigenvalue weighted by molar-refractivity contribution is 8.14. The van der Waals surface area contributed by atoms with Gasteiger partial charge in [-0.05, 0) is 79.3 Å². The lowest BCUT2D eigenvalue weighted by molar-refractivity contribution is -0.125. The maximum atomic E-state index is 12.5. The van der Waals surface area contributed by atoms with E-state index in [4.69, 9.17) is 14.2 Å². The first-order valence-corrected chi connectivity index (χ1v) is 14.4. The van der Waals surface area contributed by atoms with E-state index >= 15 is 0 Å². The monoisotopic (exact) mass is 532 g/mol. The van der Waals surface area contributed by atoms with Crippen LogP contribution in [0.1, 0.15) is 62.3 Å². The standard InChI is InChI=1S/C32H36O5S/c1-3-10-25-21-28(37-27-11-6-5-7-12-27)17-18-30(25)36-20-9-8-19-35-26-15-13-24(14-16-26)31-29(33)22-23(4-2)32(34)38-31/h5-7,11-18,21,23,31H,3-4,8-10,19-20,22H2,1-2H3. The highest BCUT2D eigenvalue weighted by Crippen LogP contribution is 2.40. The lowest BCUT2D eigenvalue weighted by atomic mass is 9.96. The summed E-state index contributed by atoms with van der Waals surface area (Å²) in [6, 6.07) is 23.3. The van der Waals surface area contributed by atoms with Gasteiger partial charge >= 0.3 is 0 Å². The van der Waals surface area contributed by atoms with Gasteiger partial charge in [-0.3, -0.25) is 9.59 Å². The number of carbonyl (C=O) groups is 2. The Labute approximate surface area is 229 Å². The molecule has 0 saturated carbocycles. The maximum Gasteiger partial charge on any atom is 0.193 e. The molecule has 0 aliphatic carbocycles. The number of thioether (sulfide) groups is 1. The molecule has 1 fully saturated rings. The zero-order chi connectivity index (χ0) is 26.7. The third-order valence-corrected chi connectivity index (χ3v) is 7.91. The molecular weight excluding hydrogens is 496 g/mol. The number of ether oxygens (including phenoxy) is 3. The second kappa shape index (κ2) is 14.1. The van der Waals surface area contributed by atoms with E-state index in [1.807, 2.05) is 73.7 Å². The van der Waals surface area contributed by atoms with Crippen LogP contribution in [0.3, 0.4) is 0 Å². The molecule has 4 rings (SSSR count). The van der Waals surface area contributed by atoms with Gasteiger partial charge in [0, 0.05) is 12.3 Å². The molecule has 3 aromatic carbocycles. The van der Waals surface area contributed by atoms with E-state index in [9.17, 15) is 9.59 Å². The van der Waals surface area contributed by atoms with Crippen molar-refractivity contribution in [2.75, 3.05) is 13.2 Å². The summed E-state index contributed by atoms with van der Waals surface area (Å²) in [6.45, 7) is 5.32. The van der Waals surface area contributed by atoms with Crippen LogP contribution in [0.15, 0.2) is 72.8 Å². The first-order chi connectivity index (χ1) is 18.6. The van der Waals surface area contributed by atoms with E-state index in [2.05, 4.69) is 13.0 Å². The van der Waals surface area contributed by atoms with Crippen molar-refractivity contribution in [3.05, 3.63) is 83.9 Å². The smallest absolute Gasteiger partial charge is 0.193 e. The topological polar surface area (TPSA) is 61.8 Å². The number of rotatable bonds is 13. The Morgan fingerprint density at radius 1 is 0.816 bits per heavy atom. The zero-order valence-corrected chi connectivity index (χ0v) is 23.0. The second-order valence-corrected chi connectivity index (χ2v) is 10.6. The average molecular weight is 533 g/mol. The molecule has 1 aliphatic heterocycles. The number of aryl methyl sites for hydroxylation is 1. The molecule has 2 atom stereocenters. The fourth-order valence-electron chi connectivity index (χ4n) is 4.44. The summed E-state index contributed by atoms with van der Waals surface area (Å²) in [6.07, 6.45) is 4.76. The van der Waals surface area contributed by atoms with Crippen LogP contribution in [0.2, 0.25) is 0 Å². The molecule has 1 aliphatic rings. The van der Waals surface area contributed by atoms with Crippen molar-refractivity contribution in [1.29, 1.82) is 0 Å². The van der Waals surface area contributed by atoms with Gasteiger partial charge in [0.2, 0.25) is 0 Å². The molecule has 6 heteroatoms. The summed E-state index contributed by atoms with van der Waals surface area (Å²) in [4.78, 5) is 24.7. The summed E-state index contributed by atoms with van der Waals surface area (Å²) in [5.74, 6) is 3.30. The van der Waals surface area contributed by atoms with E-state index in [-0.39, 0.29) is 16.8 Å². The molecule has 0 amide bonds. The van der Waals surface area contributed by atoms with Crippen LogP contribution >= 0.6 is 11.8 Å². The normalized spacial score (nSPS) is 17.3. The van der Waals surface area contributed by atoms with E-state index in [0.29, 0.717) is 19.6 Å². The molecule has 3 aromatic rings. The van der Waals surface area contributed by atoms with E-state index in [1.54, 1.807) is 0 Å². The van der Waals surface area contributed by atoms with Crippen molar-refractivity contribution in [3.63, 3.8) is 0 Å². The molecule has 0 N–H and O–H groups in total. The Morgan fingerprint density at radius 3 is 2.24 bits per heavy atom. The van der Waals surface area contributed by atoms with Gasteiger partial charge in [0.25, 0.3) is 0 Å². The molecule has 1 saturated heterocycles. The number of Topliss-reactive ketones (excluding diaryl/α,β-unsaturated/α-hetero) is 1. The molecule has 0 aromatic heterocycles. The van der Waals surface area contributed by atoms with Gasteiger partial charge < -0.3 is 14.2 Å². The van der Waals surface area contributed by atoms with Crippen LogP contribution in [0.4, 0.5) is 0 Å². The van der Waals surface area contributed by atoms with Crippen LogP contribution in [0.5, 0.6) is 23.0 Å². The third kappa shape index (κ3) is 7.64. The minimum Gasteiger partial charge on any atom is -0.494 e. The number of benzene rings is 3. The molecular formula is C32H36O5S. The Hall–Kier alpha value is -3.25. The van der Waals surface area contributed by atoms with Gasteiger partial charge in [-0.25, -0.2) is 0 Å². The Balaban J connectivity index is 1.20. The Bertz CT molecular complexity index is 1190. The van der Waals surface area contributed by atoms with Crippen LogP contribution in [-0.2, 0) is 16.0 Å². The van der Waals surface area contributed by atoms with Gasteiger partial charge in [0.15, 0.2) is 10.9 Å². The van der Waals surface area contributed by atoms with E-state index < -0.39 is 5.25 Å². The van der Waals surface area contributed by atoms with Crippen molar-refractivity contribution >= 4 is 22.7 Å². The number of unbranched alkanes of at least 4 members (excludes halogenated alkanes) is 1. The number of hydrogen-bond acceptors (Lipinski definition) is 6. The Morgan fingerprint density at radius 2 is 1.53 bits per heavy atom. The molecule has 1 heterocycles. The number of para-hydroxylation sites is 1. The van der Waals surface area contributed by atoms with Gasteiger partial charge in [-0.2, -0.15) is 0 Å². The van der Waals surface area contributed by atoms with Crippen LogP contribution in [0.25, 0.3) is 0 Å². The van der Waals surface area contributed by atoms with Crippen molar-refractivity contribution in [1.82, 2.24) is 0 Å². The van der Waals surface area contributed by atoms with Crippen LogP contribution in [0, 0.1) is 5.92 Å². The summed E-state index contributed by atoms with van der Waals surface area (Å²) in [5, 5.41) is -0.272. The highest BCUT2D eigenvalue weighted by atomic mass is 32.2. The minimum atomic E-state index is -0.395. The molecule has 0 radical (unpaired) electrons. The van der Waals surface area contributed by atoms with Crippen molar-refractivity contribution < 1.29 is 23.8 Å². The first-order valence-electron chi connectivity index (χ1n) is 13.5. The molecule has 5 nitrogen and oxygen atoms in total. The lowest BCUT2D eigenvalue weighted by Gasteiger charge is -2.25. The van der Waals surface area contributed by atoms with Crippen molar-refractivity contribution in [3.8, 4) is 23.0 Å². The fourth-order valence-corrected chi connectivity index (χ4v) is 5.64. The summed E-state index contributed by atoms with van der Waals surface area (Å²) in [7, 11) is 0. The number of ketones is 1. The average Bonchev–Trinajstić information content (AvgIpc) is 2.94. The SMILES string of the molecule is CCCc1cc(Oc2ccccc2)ccc1OCCCCOc1ccc(C2SC(=O)C(CC)CC2=O)cc1. The summed E-state index contributed by atoms with van der Waals surface area (Å²) in [5.41, 5.74) is 2.02. The minimum absolute atomic E-state index is 0.123. The summed E-state index contributed by atoms with van der Waals surface area (Å²) < 4.78 is 18.0. The van der Waals surface area contributed by atoms with Crippen LogP contribution < -0.4 is 14.2 Å². The molecule has 2 unspecified atom stereocenters. The summed E-state index contributed by atoms with van der Waals surface area (Å²) >= 11 is 1.17. The van der Waals surface area contributed by atoms with Gasteiger partial charge in [-0.15, -0.1) is 0 Å². The van der Waals surface area contributed by atoms with Gasteiger partial charge in [0.05, 0.1) is 18.5 Å². The zero-order valence-electron chi connectivity index (χ0n) is 22.2. The predicted molar refractivity (Wildman–Crippen MR) is 152 cm³/mol. The first kappa shape index (κ1) is 27.8. The van der Waals surface area contributed by atoms with Crippen molar-refractivity contribution in [2.45, 2.75) is 57.6 Å². The maximum absolute atomic E-state index is 12.5. The fraction of sp³-hybridized carbons (Fsp3) is 0.375. The molecule has 38 heavy (non-hydrogen) atoms. The molecule has 0 spiro atoms. The second-order valence-electron chi connectivity index (χ2n) is 9.50. The lowest BCUT2D eigenvalue weighted by Crippen LogP contribution is -2.26. The highest BCUT2D eigenvalue weighted by Gasteiger charge is 2.35. The Kier molecular flexibility index (Phi) is 10.3. The number of hydrogen-bond donors (Lipinski definition) is 0. The number of carbonyl (C=O) groups excluding carboxylic acids is 2. The van der Waals surface area contributed by atoms with E-state index in [0.717, 1.165) is 66.2 Å². The quantitative estimate of drug-likeness (QED) is 0.208. The molecule has 200 valence electrons. The van der Waals surface area contributed by atoms with Crippen molar-refractivity contribution in [2.24, 2.45) is 5.92 Å².